The molecule has 1 saturated heterocycles. The van der Waals surface area contributed by atoms with E-state index >= 15 is 0 Å². The second-order valence-corrected chi connectivity index (χ2v) is 5.90. The highest BCUT2D eigenvalue weighted by Crippen LogP contribution is 2.30. The Morgan fingerprint density at radius 2 is 2.15 bits per heavy atom. The largest absolute Gasteiger partial charge is 0.369 e. The van der Waals surface area contributed by atoms with Crippen LogP contribution in [0, 0.1) is 5.82 Å². The van der Waals surface area contributed by atoms with E-state index in [0.29, 0.717) is 29.8 Å². The van der Waals surface area contributed by atoms with Gasteiger partial charge in [0.1, 0.15) is 18.0 Å². The number of hydrogen-bond acceptors (Lipinski definition) is 4. The minimum absolute atomic E-state index is 0.0792. The maximum absolute atomic E-state index is 14.2. The van der Waals surface area contributed by atoms with E-state index in [1.54, 1.807) is 12.1 Å². The fraction of sp³-hybridized carbons (Fsp3) is 0.467. The van der Waals surface area contributed by atoms with Crippen molar-refractivity contribution < 1.29 is 9.13 Å². The van der Waals surface area contributed by atoms with Gasteiger partial charge < -0.3 is 9.64 Å². The molecule has 1 aliphatic rings. The molecule has 1 fully saturated rings. The topological polar surface area (TPSA) is 38.2 Å². The van der Waals surface area contributed by atoms with Gasteiger partial charge in [-0.1, -0.05) is 6.07 Å². The summed E-state index contributed by atoms with van der Waals surface area (Å²) in [6, 6.07) is 4.92. The van der Waals surface area contributed by atoms with Crippen LogP contribution in [0.1, 0.15) is 20.8 Å². The van der Waals surface area contributed by atoms with Gasteiger partial charge in [-0.3, -0.25) is 0 Å². The first kappa shape index (κ1) is 13.2. The first-order chi connectivity index (χ1) is 9.46. The molecule has 0 N–H and O–H groups in total. The summed E-state index contributed by atoms with van der Waals surface area (Å²) in [5.41, 5.74) is 0.354. The number of morpholine rings is 1. The predicted octanol–water partition coefficient (Wildman–Crippen LogP) is 2.77. The van der Waals surface area contributed by atoms with Gasteiger partial charge in [-0.05, 0) is 32.9 Å². The summed E-state index contributed by atoms with van der Waals surface area (Å²) in [5.74, 6) is 0.367. The molecule has 106 valence electrons. The molecule has 0 bridgehead atoms. The Balaban J connectivity index is 2.10. The van der Waals surface area contributed by atoms with Crippen molar-refractivity contribution in [3.05, 3.63) is 30.3 Å². The van der Waals surface area contributed by atoms with Crippen LogP contribution in [0.5, 0.6) is 0 Å². The van der Waals surface area contributed by atoms with Crippen molar-refractivity contribution in [3.63, 3.8) is 0 Å². The van der Waals surface area contributed by atoms with Crippen LogP contribution in [0.2, 0.25) is 0 Å². The van der Waals surface area contributed by atoms with Gasteiger partial charge in [-0.25, -0.2) is 14.4 Å². The molecule has 3 rings (SSSR count). The number of fused-ring (bicyclic) bond motifs is 1. The Bertz CT molecular complexity index is 639. The zero-order valence-corrected chi connectivity index (χ0v) is 11.9. The number of anilines is 1. The minimum Gasteiger partial charge on any atom is -0.369 e. The summed E-state index contributed by atoms with van der Waals surface area (Å²) < 4.78 is 20.0. The van der Waals surface area contributed by atoms with E-state index in [1.165, 1.54) is 12.4 Å². The average molecular weight is 275 g/mol. The van der Waals surface area contributed by atoms with Crippen LogP contribution in [0.3, 0.4) is 0 Å². The summed E-state index contributed by atoms with van der Waals surface area (Å²) in [4.78, 5) is 10.5. The number of hydrogen-bond donors (Lipinski definition) is 0. The molecule has 1 aliphatic heterocycles. The van der Waals surface area contributed by atoms with Gasteiger partial charge in [-0.2, -0.15) is 0 Å². The Morgan fingerprint density at radius 1 is 1.35 bits per heavy atom. The number of rotatable bonds is 1. The van der Waals surface area contributed by atoms with Crippen molar-refractivity contribution in [3.8, 4) is 0 Å². The molecular formula is C15H18FN3O. The van der Waals surface area contributed by atoms with Crippen molar-refractivity contribution >= 4 is 16.7 Å². The van der Waals surface area contributed by atoms with Gasteiger partial charge in [-0.15, -0.1) is 0 Å². The van der Waals surface area contributed by atoms with E-state index < -0.39 is 0 Å². The lowest BCUT2D eigenvalue weighted by Gasteiger charge is -2.42. The van der Waals surface area contributed by atoms with E-state index in [0.717, 1.165) is 0 Å². The summed E-state index contributed by atoms with van der Waals surface area (Å²) in [6.07, 6.45) is 1.57. The predicted molar refractivity (Wildman–Crippen MR) is 76.3 cm³/mol. The van der Waals surface area contributed by atoms with Crippen LogP contribution >= 0.6 is 0 Å². The molecule has 0 spiro atoms. The summed E-state index contributed by atoms with van der Waals surface area (Å²) >= 11 is 0. The third-order valence-electron chi connectivity index (χ3n) is 3.46. The van der Waals surface area contributed by atoms with Crippen LogP contribution < -0.4 is 4.90 Å². The van der Waals surface area contributed by atoms with Crippen molar-refractivity contribution in [2.45, 2.75) is 32.5 Å². The number of benzene rings is 1. The fourth-order valence-corrected chi connectivity index (χ4v) is 2.91. The second kappa shape index (κ2) is 4.66. The number of nitrogens with zero attached hydrogens (tertiary/aromatic N) is 3. The number of ether oxygens (including phenoxy) is 1. The monoisotopic (exact) mass is 275 g/mol. The van der Waals surface area contributed by atoms with E-state index in [4.69, 9.17) is 4.74 Å². The molecule has 0 amide bonds. The molecule has 1 atom stereocenters. The molecule has 1 aromatic heterocycles. The maximum Gasteiger partial charge on any atom is 0.143 e. The smallest absolute Gasteiger partial charge is 0.143 e. The van der Waals surface area contributed by atoms with Crippen molar-refractivity contribution in [2.24, 2.45) is 0 Å². The van der Waals surface area contributed by atoms with E-state index in [1.807, 2.05) is 20.8 Å². The second-order valence-electron chi connectivity index (χ2n) is 5.90. The summed E-state index contributed by atoms with van der Waals surface area (Å²) in [6.45, 7) is 7.47. The molecule has 0 aliphatic carbocycles. The quantitative estimate of drug-likeness (QED) is 0.802. The molecule has 1 aromatic carbocycles. The highest BCUT2D eigenvalue weighted by Gasteiger charge is 2.33. The van der Waals surface area contributed by atoms with Crippen molar-refractivity contribution in [1.29, 1.82) is 0 Å². The van der Waals surface area contributed by atoms with Crippen LogP contribution in [-0.4, -0.2) is 34.8 Å². The molecule has 2 aromatic rings. The molecule has 5 heteroatoms. The Hall–Kier alpha value is -1.75. The summed E-state index contributed by atoms with van der Waals surface area (Å²) in [7, 11) is 0. The molecule has 0 saturated carbocycles. The van der Waals surface area contributed by atoms with Crippen molar-refractivity contribution in [2.75, 3.05) is 18.0 Å². The molecule has 4 nitrogen and oxygen atoms in total. The highest BCUT2D eigenvalue weighted by molar-refractivity contribution is 5.89. The van der Waals surface area contributed by atoms with Crippen LogP contribution in [0.15, 0.2) is 24.5 Å². The zero-order valence-electron chi connectivity index (χ0n) is 11.9. The van der Waals surface area contributed by atoms with Crippen LogP contribution in [-0.2, 0) is 4.74 Å². The lowest BCUT2D eigenvalue weighted by atomic mass is 10.0. The first-order valence-corrected chi connectivity index (χ1v) is 6.78. The van der Waals surface area contributed by atoms with Crippen LogP contribution in [0.4, 0.5) is 10.2 Å². The maximum atomic E-state index is 14.2. The van der Waals surface area contributed by atoms with E-state index in [-0.39, 0.29) is 17.5 Å². The summed E-state index contributed by atoms with van der Waals surface area (Å²) in [5, 5.41) is 0.486. The highest BCUT2D eigenvalue weighted by atomic mass is 19.1. The molecular weight excluding hydrogens is 257 g/mol. The number of aromatic nitrogens is 2. The minimum atomic E-state index is -0.282. The molecule has 2 heterocycles. The van der Waals surface area contributed by atoms with Crippen LogP contribution in [0.25, 0.3) is 10.9 Å². The van der Waals surface area contributed by atoms with Gasteiger partial charge in [0, 0.05) is 13.1 Å². The van der Waals surface area contributed by atoms with Gasteiger partial charge in [0.15, 0.2) is 0 Å². The Morgan fingerprint density at radius 3 is 2.90 bits per heavy atom. The molecule has 0 radical (unpaired) electrons. The lowest BCUT2D eigenvalue weighted by molar-refractivity contribution is -0.0751. The van der Waals surface area contributed by atoms with Crippen molar-refractivity contribution in [1.82, 2.24) is 9.97 Å². The van der Waals surface area contributed by atoms with Gasteiger partial charge >= 0.3 is 0 Å². The SMILES string of the molecule is CC1CN(c2ncnc3cccc(F)c23)CC(C)(C)O1. The van der Waals surface area contributed by atoms with Gasteiger partial charge in [0.2, 0.25) is 0 Å². The molecule has 20 heavy (non-hydrogen) atoms. The third kappa shape index (κ3) is 2.33. The normalized spacial score (nSPS) is 22.2. The van der Waals surface area contributed by atoms with Gasteiger partial charge in [0.25, 0.3) is 0 Å². The lowest BCUT2D eigenvalue weighted by Crippen LogP contribution is -2.52. The standard InChI is InChI=1S/C15H18FN3O/c1-10-7-19(8-15(2,3)20-10)14-13-11(16)5-4-6-12(13)17-9-18-14/h4-6,9-10H,7-8H2,1-3H3. The third-order valence-corrected chi connectivity index (χ3v) is 3.46. The first-order valence-electron chi connectivity index (χ1n) is 6.78. The van der Waals surface area contributed by atoms with E-state index in [9.17, 15) is 4.39 Å². The average Bonchev–Trinajstić information content (AvgIpc) is 2.36. The van der Waals surface area contributed by atoms with Gasteiger partial charge in [0.05, 0.1) is 22.6 Å². The fourth-order valence-electron chi connectivity index (χ4n) is 2.91. The Labute approximate surface area is 117 Å². The number of halogens is 1. The zero-order chi connectivity index (χ0) is 14.3. The Kier molecular flexibility index (Phi) is 3.09. The molecule has 1 unspecified atom stereocenters. The van der Waals surface area contributed by atoms with E-state index in [2.05, 4.69) is 14.9 Å².